The van der Waals surface area contributed by atoms with Crippen molar-refractivity contribution in [2.75, 3.05) is 13.1 Å². The monoisotopic (exact) mass is 321 g/mol. The van der Waals surface area contributed by atoms with E-state index in [1.165, 1.54) is 0 Å². The molecule has 0 atom stereocenters. The molecular weight excluding hydrogens is 302 g/mol. The number of nitrogens with zero attached hydrogens (tertiary/aromatic N) is 3. The maximum atomic E-state index is 12.1. The van der Waals surface area contributed by atoms with Crippen LogP contribution in [0.3, 0.4) is 0 Å². The Balaban J connectivity index is 1.44. The molecule has 2 aromatic heterocycles. The molecule has 0 aliphatic carbocycles. The second kappa shape index (κ2) is 7.02. The number of aryl methyl sites for hydroxylation is 1. The summed E-state index contributed by atoms with van der Waals surface area (Å²) in [5.74, 6) is 1.33. The number of rotatable bonds is 5. The zero-order valence-electron chi connectivity index (χ0n) is 12.3. The molecule has 0 bridgehead atoms. The topological polar surface area (TPSA) is 79.5 Å². The molecule has 1 fully saturated rings. The summed E-state index contributed by atoms with van der Waals surface area (Å²) in [4.78, 5) is 19.2. The Bertz CT molecular complexity index is 603. The Labute approximate surface area is 132 Å². The molecule has 22 heavy (non-hydrogen) atoms. The van der Waals surface area contributed by atoms with Crippen molar-refractivity contribution in [2.45, 2.75) is 38.2 Å². The van der Waals surface area contributed by atoms with E-state index in [2.05, 4.69) is 10.1 Å². The first-order chi connectivity index (χ1) is 10.7. The van der Waals surface area contributed by atoms with Crippen LogP contribution in [0.5, 0.6) is 0 Å². The highest BCUT2D eigenvalue weighted by Crippen LogP contribution is 2.21. The molecule has 2 aromatic rings. The smallest absolute Gasteiger partial charge is 0.226 e. The highest BCUT2D eigenvalue weighted by molar-refractivity contribution is 7.13. The summed E-state index contributed by atoms with van der Waals surface area (Å²) in [6, 6.07) is 3.90. The summed E-state index contributed by atoms with van der Waals surface area (Å²) in [5, 5.41) is 15.4. The maximum Gasteiger partial charge on any atom is 0.226 e. The third-order valence-corrected chi connectivity index (χ3v) is 4.67. The molecule has 0 radical (unpaired) electrons. The molecule has 1 aliphatic rings. The first kappa shape index (κ1) is 15.2. The van der Waals surface area contributed by atoms with Crippen LogP contribution < -0.4 is 0 Å². The van der Waals surface area contributed by atoms with Gasteiger partial charge in [-0.2, -0.15) is 4.98 Å². The van der Waals surface area contributed by atoms with Gasteiger partial charge in [0.05, 0.1) is 11.0 Å². The van der Waals surface area contributed by atoms with Crippen molar-refractivity contribution >= 4 is 17.2 Å². The molecule has 0 saturated carbocycles. The molecule has 0 unspecified atom stereocenters. The lowest BCUT2D eigenvalue weighted by molar-refractivity contribution is -0.133. The van der Waals surface area contributed by atoms with Crippen LogP contribution in [0, 0.1) is 0 Å². The third kappa shape index (κ3) is 3.72. The molecule has 3 rings (SSSR count). The van der Waals surface area contributed by atoms with Gasteiger partial charge in [0.2, 0.25) is 17.6 Å². The van der Waals surface area contributed by atoms with E-state index < -0.39 is 0 Å². The molecule has 7 heteroatoms. The largest absolute Gasteiger partial charge is 0.393 e. The van der Waals surface area contributed by atoms with E-state index in [-0.39, 0.29) is 12.0 Å². The van der Waals surface area contributed by atoms with Gasteiger partial charge in [0.1, 0.15) is 0 Å². The predicted octanol–water partition coefficient (Wildman–Crippen LogP) is 2.10. The van der Waals surface area contributed by atoms with Gasteiger partial charge >= 0.3 is 0 Å². The highest BCUT2D eigenvalue weighted by Gasteiger charge is 2.21. The summed E-state index contributed by atoms with van der Waals surface area (Å²) < 4.78 is 5.22. The predicted molar refractivity (Wildman–Crippen MR) is 82.4 cm³/mol. The van der Waals surface area contributed by atoms with Crippen molar-refractivity contribution in [3.05, 3.63) is 23.4 Å². The second-order valence-corrected chi connectivity index (χ2v) is 6.40. The van der Waals surface area contributed by atoms with Crippen molar-refractivity contribution < 1.29 is 14.4 Å². The Hall–Kier alpha value is -1.73. The fourth-order valence-electron chi connectivity index (χ4n) is 2.53. The van der Waals surface area contributed by atoms with E-state index in [0.29, 0.717) is 56.9 Å². The average Bonchev–Trinajstić information content (AvgIpc) is 3.19. The van der Waals surface area contributed by atoms with Crippen LogP contribution in [0.2, 0.25) is 0 Å². The average molecular weight is 321 g/mol. The van der Waals surface area contributed by atoms with Gasteiger partial charge in [0.15, 0.2) is 0 Å². The Kier molecular flexibility index (Phi) is 4.84. The van der Waals surface area contributed by atoms with Crippen molar-refractivity contribution in [3.8, 4) is 10.7 Å². The number of amides is 1. The summed E-state index contributed by atoms with van der Waals surface area (Å²) in [6.45, 7) is 1.31. The zero-order valence-corrected chi connectivity index (χ0v) is 13.1. The van der Waals surface area contributed by atoms with Gasteiger partial charge in [-0.25, -0.2) is 0 Å². The van der Waals surface area contributed by atoms with Gasteiger partial charge in [0, 0.05) is 25.9 Å². The van der Waals surface area contributed by atoms with Gasteiger partial charge < -0.3 is 14.5 Å². The van der Waals surface area contributed by atoms with Crippen LogP contribution in [0.1, 0.15) is 31.6 Å². The number of thiophene rings is 1. The highest BCUT2D eigenvalue weighted by atomic mass is 32.1. The standard InChI is InChI=1S/C15H19N3O3S/c19-11-6-8-18(9-7-11)14(20)5-1-4-13-16-15(17-21-13)12-3-2-10-22-12/h2-3,10-11,19H,1,4-9H2. The van der Waals surface area contributed by atoms with Gasteiger partial charge in [-0.05, 0) is 30.7 Å². The quantitative estimate of drug-likeness (QED) is 0.912. The number of piperidine rings is 1. The molecule has 0 spiro atoms. The minimum Gasteiger partial charge on any atom is -0.393 e. The van der Waals surface area contributed by atoms with E-state index in [1.54, 1.807) is 11.3 Å². The van der Waals surface area contributed by atoms with E-state index in [1.807, 2.05) is 22.4 Å². The van der Waals surface area contributed by atoms with Crippen LogP contribution in [0.15, 0.2) is 22.0 Å². The minimum atomic E-state index is -0.252. The van der Waals surface area contributed by atoms with E-state index >= 15 is 0 Å². The number of likely N-dealkylation sites (tertiary alicyclic amines) is 1. The fraction of sp³-hybridized carbons (Fsp3) is 0.533. The van der Waals surface area contributed by atoms with E-state index in [0.717, 1.165) is 4.88 Å². The van der Waals surface area contributed by atoms with Crippen molar-refractivity contribution in [1.29, 1.82) is 0 Å². The molecule has 3 heterocycles. The van der Waals surface area contributed by atoms with Crippen LogP contribution in [0.25, 0.3) is 10.7 Å². The SMILES string of the molecule is O=C(CCCc1nc(-c2cccs2)no1)N1CCC(O)CC1. The first-order valence-electron chi connectivity index (χ1n) is 7.54. The van der Waals surface area contributed by atoms with Crippen molar-refractivity contribution in [1.82, 2.24) is 15.0 Å². The van der Waals surface area contributed by atoms with Gasteiger partial charge in [-0.15, -0.1) is 11.3 Å². The molecule has 118 valence electrons. The van der Waals surface area contributed by atoms with Crippen molar-refractivity contribution in [2.24, 2.45) is 0 Å². The van der Waals surface area contributed by atoms with E-state index in [4.69, 9.17) is 4.52 Å². The second-order valence-electron chi connectivity index (χ2n) is 5.45. The van der Waals surface area contributed by atoms with E-state index in [9.17, 15) is 9.90 Å². The fourth-order valence-corrected chi connectivity index (χ4v) is 3.18. The summed E-state index contributed by atoms with van der Waals surface area (Å²) in [5.41, 5.74) is 0. The zero-order chi connectivity index (χ0) is 15.4. The Morgan fingerprint density at radius 3 is 3.00 bits per heavy atom. The number of aromatic nitrogens is 2. The molecule has 1 aliphatic heterocycles. The molecule has 1 amide bonds. The van der Waals surface area contributed by atoms with Crippen LogP contribution >= 0.6 is 11.3 Å². The van der Waals surface area contributed by atoms with Gasteiger partial charge in [-0.1, -0.05) is 11.2 Å². The lowest BCUT2D eigenvalue weighted by Crippen LogP contribution is -2.39. The van der Waals surface area contributed by atoms with Gasteiger partial charge in [-0.3, -0.25) is 4.79 Å². The third-order valence-electron chi connectivity index (χ3n) is 3.81. The number of hydrogen-bond donors (Lipinski definition) is 1. The lowest BCUT2D eigenvalue weighted by Gasteiger charge is -2.29. The molecule has 1 N–H and O–H groups in total. The molecule has 0 aromatic carbocycles. The number of aliphatic hydroxyl groups is 1. The van der Waals surface area contributed by atoms with Crippen LogP contribution in [0.4, 0.5) is 0 Å². The normalized spacial score (nSPS) is 16.1. The Morgan fingerprint density at radius 2 is 2.27 bits per heavy atom. The number of carbonyl (C=O) groups is 1. The number of hydrogen-bond acceptors (Lipinski definition) is 6. The first-order valence-corrected chi connectivity index (χ1v) is 8.42. The number of aliphatic hydroxyl groups excluding tert-OH is 1. The van der Waals surface area contributed by atoms with Crippen LogP contribution in [-0.2, 0) is 11.2 Å². The van der Waals surface area contributed by atoms with Gasteiger partial charge in [0.25, 0.3) is 0 Å². The summed E-state index contributed by atoms with van der Waals surface area (Å²) in [6.07, 6.45) is 2.90. The maximum absolute atomic E-state index is 12.1. The minimum absolute atomic E-state index is 0.143. The molecule has 6 nitrogen and oxygen atoms in total. The van der Waals surface area contributed by atoms with Crippen LogP contribution in [-0.4, -0.2) is 45.2 Å². The Morgan fingerprint density at radius 1 is 1.45 bits per heavy atom. The summed E-state index contributed by atoms with van der Waals surface area (Å²) >= 11 is 1.57. The molecular formula is C15H19N3O3S. The lowest BCUT2D eigenvalue weighted by atomic mass is 10.1. The number of carbonyl (C=O) groups excluding carboxylic acids is 1. The summed E-state index contributed by atoms with van der Waals surface area (Å²) in [7, 11) is 0. The van der Waals surface area contributed by atoms with Crippen molar-refractivity contribution in [3.63, 3.8) is 0 Å². The molecule has 1 saturated heterocycles.